The van der Waals surface area contributed by atoms with Gasteiger partial charge in [0.05, 0.1) is 5.92 Å². The number of benzene rings is 2. The summed E-state index contributed by atoms with van der Waals surface area (Å²) in [6, 6.07) is 6.10. The summed E-state index contributed by atoms with van der Waals surface area (Å²) in [7, 11) is 3.74. The molecule has 3 heterocycles. The number of anilines is 1. The number of fused-ring (bicyclic) bond motifs is 1. The van der Waals surface area contributed by atoms with Gasteiger partial charge < -0.3 is 36.4 Å². The van der Waals surface area contributed by atoms with Gasteiger partial charge in [0.2, 0.25) is 23.6 Å². The number of rotatable bonds is 28. The molecule has 2 saturated heterocycles. The third kappa shape index (κ3) is 11.8. The predicted molar refractivity (Wildman–Crippen MR) is 230 cm³/mol. The summed E-state index contributed by atoms with van der Waals surface area (Å²) in [5.74, 6) is -5.81. The first-order valence-electron chi connectivity index (χ1n) is 21.9. The number of carbonyl (C=O) groups excluding carboxylic acids is 6. The van der Waals surface area contributed by atoms with Crippen molar-refractivity contribution in [3.05, 3.63) is 41.5 Å². The van der Waals surface area contributed by atoms with Gasteiger partial charge in [-0.1, -0.05) is 64.5 Å². The van der Waals surface area contributed by atoms with E-state index in [1.807, 2.05) is 48.1 Å². The lowest BCUT2D eigenvalue weighted by molar-refractivity contribution is -0.142. The number of imide groups is 1. The number of hydrogen-bond acceptors (Lipinski definition) is 11. The zero-order chi connectivity index (χ0) is 45.1. The second-order valence-electron chi connectivity index (χ2n) is 16.5. The Morgan fingerprint density at radius 1 is 0.726 bits per heavy atom. The molecule has 62 heavy (non-hydrogen) atoms. The van der Waals surface area contributed by atoms with Crippen LogP contribution in [0.3, 0.4) is 0 Å². The van der Waals surface area contributed by atoms with Gasteiger partial charge >= 0.3 is 11.9 Å². The topological polar surface area (TPSA) is 238 Å². The van der Waals surface area contributed by atoms with E-state index in [4.69, 9.17) is 5.11 Å². The van der Waals surface area contributed by atoms with Crippen molar-refractivity contribution in [3.63, 3.8) is 0 Å². The third-order valence-corrected chi connectivity index (χ3v) is 11.8. The van der Waals surface area contributed by atoms with E-state index in [2.05, 4.69) is 28.2 Å². The highest BCUT2D eigenvalue weighted by Gasteiger charge is 2.72. The zero-order valence-corrected chi connectivity index (χ0v) is 36.2. The molecule has 18 nitrogen and oxygen atoms in total. The number of hydrogen-bond donors (Lipinski definition) is 6. The maximum absolute atomic E-state index is 13.9. The fourth-order valence-electron chi connectivity index (χ4n) is 8.28. The van der Waals surface area contributed by atoms with Crippen molar-refractivity contribution in [2.75, 3.05) is 38.6 Å². The Balaban J connectivity index is 1.20. The number of carbonyl (C=O) groups is 8. The fourth-order valence-corrected chi connectivity index (χ4v) is 8.28. The SMILES string of the molecule is CCCCCCCCCC(=O)NCC1N2C([C@H](CC)C(=O)N[C@H](CCN3C(=O)c4cccc5c(N(C)C)ccc(c45)C3=O)C(=O)NCC[C@@H](NC(=O)CCCC(=O)O)C(=O)O)N12. The monoisotopic (exact) mass is 862 g/mol. The summed E-state index contributed by atoms with van der Waals surface area (Å²) < 4.78 is 0. The molecule has 2 unspecified atom stereocenters. The molecular formula is C44H62N8O10. The minimum Gasteiger partial charge on any atom is -0.481 e. The summed E-state index contributed by atoms with van der Waals surface area (Å²) in [5, 5.41) is 34.7. The van der Waals surface area contributed by atoms with E-state index in [9.17, 15) is 43.5 Å². The lowest BCUT2D eigenvalue weighted by Gasteiger charge is -2.30. The Morgan fingerprint density at radius 2 is 1.39 bits per heavy atom. The Morgan fingerprint density at radius 3 is 2.03 bits per heavy atom. The first-order chi connectivity index (χ1) is 29.7. The maximum Gasteiger partial charge on any atom is 0.326 e. The molecule has 2 fully saturated rings. The molecular weight excluding hydrogens is 801 g/mol. The van der Waals surface area contributed by atoms with E-state index >= 15 is 0 Å². The van der Waals surface area contributed by atoms with E-state index in [0.717, 1.165) is 35.2 Å². The number of unbranched alkanes of at least 4 members (excludes halogenated alkanes) is 6. The van der Waals surface area contributed by atoms with Crippen LogP contribution in [-0.2, 0) is 28.8 Å². The largest absolute Gasteiger partial charge is 0.481 e. The smallest absolute Gasteiger partial charge is 0.326 e. The minimum absolute atomic E-state index is 0.000560. The molecule has 5 atom stereocenters. The van der Waals surface area contributed by atoms with Crippen molar-refractivity contribution in [1.82, 2.24) is 36.2 Å². The molecule has 2 aromatic carbocycles. The van der Waals surface area contributed by atoms with Gasteiger partial charge in [-0.3, -0.25) is 38.5 Å². The van der Waals surface area contributed by atoms with Crippen LogP contribution in [-0.4, -0.2) is 131 Å². The van der Waals surface area contributed by atoms with Crippen LogP contribution in [0.15, 0.2) is 30.3 Å². The lowest BCUT2D eigenvalue weighted by atomic mass is 9.92. The predicted octanol–water partition coefficient (Wildman–Crippen LogP) is 3.19. The fraction of sp³-hybridized carbons (Fsp3) is 0.591. The van der Waals surface area contributed by atoms with Crippen molar-refractivity contribution in [1.29, 1.82) is 0 Å². The Labute approximate surface area is 362 Å². The first kappa shape index (κ1) is 47.4. The Bertz CT molecular complexity index is 1980. The number of amides is 6. The minimum atomic E-state index is -1.38. The van der Waals surface area contributed by atoms with Gasteiger partial charge in [-0.05, 0) is 50.3 Å². The van der Waals surface area contributed by atoms with Crippen LogP contribution < -0.4 is 26.2 Å². The number of carboxylic acid groups (broad SMARTS) is 2. The Kier molecular flexibility index (Phi) is 16.8. The molecule has 0 bridgehead atoms. The molecule has 3 aliphatic rings. The van der Waals surface area contributed by atoms with Crippen LogP contribution in [0.4, 0.5) is 5.69 Å². The molecule has 0 aliphatic carbocycles. The van der Waals surface area contributed by atoms with Crippen molar-refractivity contribution in [2.45, 2.75) is 128 Å². The highest BCUT2D eigenvalue weighted by molar-refractivity contribution is 6.26. The second kappa shape index (κ2) is 21.9. The Hall–Kier alpha value is -5.62. The number of hydrazine groups is 1. The van der Waals surface area contributed by atoms with Gasteiger partial charge in [0.15, 0.2) is 0 Å². The molecule has 6 amide bonds. The average molecular weight is 863 g/mol. The van der Waals surface area contributed by atoms with Crippen molar-refractivity contribution < 1.29 is 48.6 Å². The van der Waals surface area contributed by atoms with E-state index in [-0.39, 0.29) is 63.4 Å². The number of carboxylic acids is 2. The number of nitrogens with zero attached hydrogens (tertiary/aromatic N) is 4. The van der Waals surface area contributed by atoms with Crippen molar-refractivity contribution in [2.24, 2.45) is 5.92 Å². The van der Waals surface area contributed by atoms with Gasteiger partial charge in [0.25, 0.3) is 11.8 Å². The molecule has 0 spiro atoms. The van der Waals surface area contributed by atoms with Crippen molar-refractivity contribution in [3.8, 4) is 0 Å². The highest BCUT2D eigenvalue weighted by atomic mass is 16.4. The summed E-state index contributed by atoms with van der Waals surface area (Å²) >= 11 is 0. The molecule has 0 aromatic heterocycles. The standard InChI is InChI=1S/C44H62N8O10/c1-5-7-8-9-10-11-12-17-34(53)46-26-36-51-41(52(36)51)27(6-2)39(57)48-31(40(58)45-24-22-32(44(61)62)47-35(54)18-14-19-37(55)56)23-25-50-42(59)29-16-13-15-28-33(49(3)4)21-20-30(38(28)29)43(50)60/h13,15-16,20-21,27,31-32,36,41H,5-12,14,17-19,22-26H2,1-4H3,(H,45,58)(H,46,53)(H,47,54)(H,48,57)(H,55,56)(H,61,62)/t27-,31-,32-,36?,41?,51?,52?/m1/s1. The molecule has 2 aromatic rings. The molecule has 0 saturated carbocycles. The summed E-state index contributed by atoms with van der Waals surface area (Å²) in [6.07, 6.45) is 7.73. The van der Waals surface area contributed by atoms with Crippen LogP contribution >= 0.6 is 0 Å². The van der Waals surface area contributed by atoms with Crippen LogP contribution in [0.25, 0.3) is 10.8 Å². The first-order valence-corrected chi connectivity index (χ1v) is 21.9. The van der Waals surface area contributed by atoms with Gasteiger partial charge in [0.1, 0.15) is 24.4 Å². The molecule has 6 N–H and O–H groups in total. The van der Waals surface area contributed by atoms with Crippen LogP contribution in [0.5, 0.6) is 0 Å². The van der Waals surface area contributed by atoms with E-state index in [0.29, 0.717) is 35.9 Å². The average Bonchev–Trinajstić information content (AvgIpc) is 4.15. The molecule has 338 valence electrons. The van der Waals surface area contributed by atoms with Crippen LogP contribution in [0, 0.1) is 5.92 Å². The summed E-state index contributed by atoms with van der Waals surface area (Å²) in [6.45, 7) is 4.04. The quantitative estimate of drug-likeness (QED) is 0.0410. The lowest BCUT2D eigenvalue weighted by Crippen LogP contribution is -2.53. The zero-order valence-electron chi connectivity index (χ0n) is 36.2. The van der Waals surface area contributed by atoms with Gasteiger partial charge in [0, 0.05) is 80.6 Å². The number of aliphatic carboxylic acids is 2. The molecule has 3 aliphatic heterocycles. The highest BCUT2D eigenvalue weighted by Crippen LogP contribution is 2.52. The molecule has 18 heteroatoms. The normalized spacial score (nSPS) is 19.8. The third-order valence-electron chi connectivity index (χ3n) is 11.8. The van der Waals surface area contributed by atoms with E-state index < -0.39 is 59.5 Å². The second-order valence-corrected chi connectivity index (χ2v) is 16.5. The number of nitrogens with one attached hydrogen (secondary N) is 4. The van der Waals surface area contributed by atoms with Gasteiger partial charge in [-0.15, -0.1) is 0 Å². The van der Waals surface area contributed by atoms with Crippen molar-refractivity contribution >= 4 is 63.8 Å². The molecule has 5 rings (SSSR count). The summed E-state index contributed by atoms with van der Waals surface area (Å²) in [5.41, 5.74) is 1.51. The van der Waals surface area contributed by atoms with Gasteiger partial charge in [-0.25, -0.2) is 4.79 Å². The van der Waals surface area contributed by atoms with E-state index in [1.165, 1.54) is 25.7 Å². The maximum atomic E-state index is 13.9. The summed E-state index contributed by atoms with van der Waals surface area (Å²) in [4.78, 5) is 106. The van der Waals surface area contributed by atoms with Crippen LogP contribution in [0.2, 0.25) is 0 Å². The molecule has 0 radical (unpaired) electrons. The van der Waals surface area contributed by atoms with E-state index in [1.54, 1.807) is 18.2 Å². The van der Waals surface area contributed by atoms with Crippen LogP contribution in [0.1, 0.15) is 124 Å². The van der Waals surface area contributed by atoms with Gasteiger partial charge in [-0.2, -0.15) is 10.0 Å².